The Morgan fingerprint density at radius 2 is 1.87 bits per heavy atom. The summed E-state index contributed by atoms with van der Waals surface area (Å²) >= 11 is 0. The van der Waals surface area contributed by atoms with Gasteiger partial charge in [-0.05, 0) is 23.8 Å². The van der Waals surface area contributed by atoms with Crippen molar-refractivity contribution in [1.29, 1.82) is 0 Å². The van der Waals surface area contributed by atoms with Crippen LogP contribution < -0.4 is 10.2 Å². The maximum Gasteiger partial charge on any atom is 0.312 e. The molecule has 0 amide bonds. The molecule has 1 unspecified atom stereocenters. The predicted octanol–water partition coefficient (Wildman–Crippen LogP) is 2.75. The minimum Gasteiger partial charge on any atom is -0.507 e. The van der Waals surface area contributed by atoms with Crippen LogP contribution in [0.4, 0.5) is 0 Å². The van der Waals surface area contributed by atoms with Crippen LogP contribution in [0.3, 0.4) is 0 Å². The van der Waals surface area contributed by atoms with Crippen LogP contribution in [0.1, 0.15) is 23.5 Å². The number of aryl methyl sites for hydroxylation is 1. The second-order valence-corrected chi connectivity index (χ2v) is 7.37. The van der Waals surface area contributed by atoms with Crippen LogP contribution >= 0.6 is 0 Å². The largest absolute Gasteiger partial charge is 0.507 e. The Labute approximate surface area is 174 Å². The van der Waals surface area contributed by atoms with Crippen molar-refractivity contribution in [2.45, 2.75) is 12.3 Å². The Balaban J connectivity index is 1.82. The van der Waals surface area contributed by atoms with E-state index in [1.54, 1.807) is 24.1 Å². The van der Waals surface area contributed by atoms with Crippen LogP contribution in [0.2, 0.25) is 0 Å². The molecule has 4 aromatic rings. The third-order valence-electron chi connectivity index (χ3n) is 5.31. The Hall–Kier alpha value is -4.27. The summed E-state index contributed by atoms with van der Waals surface area (Å²) in [6.45, 7) is 0. The molecule has 0 radical (unpaired) electrons. The van der Waals surface area contributed by atoms with Gasteiger partial charge in [0.1, 0.15) is 28.2 Å². The Kier molecular flexibility index (Phi) is 4.01. The smallest absolute Gasteiger partial charge is 0.312 e. The standard InChI is InChI=1S/C22H16N2O7/c1-24-9-11(8-23-24)12-5-19(29)30-18-7-16(28)21-15(27)6-17(31-22(21)20(12)18)10-2-3-13(25)14(26)4-10/h2-4,6-9,12,25-26,28H,5H2,1H3. The number of aromatic nitrogens is 2. The molecule has 156 valence electrons. The molecule has 2 aromatic heterocycles. The number of fused-ring (bicyclic) bond motifs is 3. The number of esters is 1. The maximum absolute atomic E-state index is 12.9. The quantitative estimate of drug-likeness (QED) is 0.256. The number of benzene rings is 2. The van der Waals surface area contributed by atoms with E-state index in [4.69, 9.17) is 9.15 Å². The van der Waals surface area contributed by atoms with Gasteiger partial charge in [-0.25, -0.2) is 0 Å². The summed E-state index contributed by atoms with van der Waals surface area (Å²) in [7, 11) is 1.75. The van der Waals surface area contributed by atoms with Gasteiger partial charge in [-0.15, -0.1) is 0 Å². The van der Waals surface area contributed by atoms with Gasteiger partial charge in [0.2, 0.25) is 0 Å². The highest BCUT2D eigenvalue weighted by Gasteiger charge is 2.34. The summed E-state index contributed by atoms with van der Waals surface area (Å²) in [6.07, 6.45) is 3.38. The summed E-state index contributed by atoms with van der Waals surface area (Å²) in [6, 6.07) is 6.43. The lowest BCUT2D eigenvalue weighted by atomic mass is 9.86. The van der Waals surface area contributed by atoms with Crippen molar-refractivity contribution in [1.82, 2.24) is 9.78 Å². The third-order valence-corrected chi connectivity index (χ3v) is 5.31. The summed E-state index contributed by atoms with van der Waals surface area (Å²) in [5.41, 5.74) is 1.08. The molecular formula is C22H16N2O7. The maximum atomic E-state index is 12.9. The van der Waals surface area contributed by atoms with Gasteiger partial charge in [-0.3, -0.25) is 14.3 Å². The molecule has 31 heavy (non-hydrogen) atoms. The normalized spacial score (nSPS) is 15.6. The van der Waals surface area contributed by atoms with Crippen molar-refractivity contribution in [3.8, 4) is 34.3 Å². The first-order chi connectivity index (χ1) is 14.8. The van der Waals surface area contributed by atoms with Crippen LogP contribution in [0.25, 0.3) is 22.3 Å². The Morgan fingerprint density at radius 1 is 1.06 bits per heavy atom. The molecule has 0 saturated heterocycles. The SMILES string of the molecule is Cn1cc(C2CC(=O)Oc3cc(O)c4c(=O)cc(-c5ccc(O)c(O)c5)oc4c32)cn1. The summed E-state index contributed by atoms with van der Waals surface area (Å²) in [4.78, 5) is 25.1. The highest BCUT2D eigenvalue weighted by atomic mass is 16.5. The number of rotatable bonds is 2. The van der Waals surface area contributed by atoms with E-state index in [1.165, 1.54) is 30.3 Å². The van der Waals surface area contributed by atoms with Crippen molar-refractivity contribution >= 4 is 16.9 Å². The zero-order valence-electron chi connectivity index (χ0n) is 16.2. The van der Waals surface area contributed by atoms with Gasteiger partial charge in [-0.1, -0.05) is 0 Å². The van der Waals surface area contributed by atoms with Gasteiger partial charge in [0.25, 0.3) is 0 Å². The van der Waals surface area contributed by atoms with Gasteiger partial charge >= 0.3 is 5.97 Å². The molecule has 9 heteroatoms. The fraction of sp³-hybridized carbons (Fsp3) is 0.136. The fourth-order valence-electron chi connectivity index (χ4n) is 3.88. The number of carbonyl (C=O) groups excluding carboxylic acids is 1. The molecule has 0 fully saturated rings. The molecule has 0 bridgehead atoms. The number of phenolic OH excluding ortho intramolecular Hbond substituents is 3. The zero-order valence-corrected chi connectivity index (χ0v) is 16.2. The van der Waals surface area contributed by atoms with Gasteiger partial charge in [-0.2, -0.15) is 5.10 Å². The first-order valence-corrected chi connectivity index (χ1v) is 9.37. The topological polar surface area (TPSA) is 135 Å². The Morgan fingerprint density at radius 3 is 2.58 bits per heavy atom. The van der Waals surface area contributed by atoms with Gasteiger partial charge in [0.15, 0.2) is 16.9 Å². The number of hydrogen-bond donors (Lipinski definition) is 3. The number of carbonyl (C=O) groups is 1. The van der Waals surface area contributed by atoms with E-state index in [2.05, 4.69) is 5.10 Å². The molecule has 0 aliphatic carbocycles. The predicted molar refractivity (Wildman–Crippen MR) is 108 cm³/mol. The first kappa shape index (κ1) is 18.7. The van der Waals surface area contributed by atoms with Crippen LogP contribution in [-0.4, -0.2) is 31.1 Å². The number of phenols is 3. The molecule has 0 saturated carbocycles. The molecule has 5 rings (SSSR count). The number of ether oxygens (including phenoxy) is 1. The van der Waals surface area contributed by atoms with Gasteiger partial charge in [0.05, 0.1) is 12.6 Å². The minimum atomic E-state index is -0.508. The highest BCUT2D eigenvalue weighted by Crippen LogP contribution is 2.46. The van der Waals surface area contributed by atoms with Crippen LogP contribution in [0.5, 0.6) is 23.0 Å². The van der Waals surface area contributed by atoms with E-state index in [1.807, 2.05) is 0 Å². The second kappa shape index (κ2) is 6.63. The fourth-order valence-corrected chi connectivity index (χ4v) is 3.88. The molecule has 2 aromatic carbocycles. The monoisotopic (exact) mass is 420 g/mol. The van der Waals surface area contributed by atoms with Crippen molar-refractivity contribution in [3.05, 3.63) is 64.1 Å². The van der Waals surface area contributed by atoms with Gasteiger partial charge < -0.3 is 24.5 Å². The molecule has 9 nitrogen and oxygen atoms in total. The highest BCUT2D eigenvalue weighted by molar-refractivity contribution is 5.93. The van der Waals surface area contributed by atoms with Crippen molar-refractivity contribution in [2.75, 3.05) is 0 Å². The van der Waals surface area contributed by atoms with Crippen molar-refractivity contribution in [3.63, 3.8) is 0 Å². The molecule has 3 heterocycles. The van der Waals surface area contributed by atoms with Crippen LogP contribution in [-0.2, 0) is 11.8 Å². The van der Waals surface area contributed by atoms with E-state index < -0.39 is 17.3 Å². The number of nitrogens with zero attached hydrogens (tertiary/aromatic N) is 2. The number of hydrogen-bond acceptors (Lipinski definition) is 8. The first-order valence-electron chi connectivity index (χ1n) is 9.37. The van der Waals surface area contributed by atoms with Crippen molar-refractivity contribution in [2.24, 2.45) is 7.05 Å². The minimum absolute atomic E-state index is 0.00645. The molecular weight excluding hydrogens is 404 g/mol. The zero-order chi connectivity index (χ0) is 21.9. The van der Waals surface area contributed by atoms with Crippen LogP contribution in [0, 0.1) is 0 Å². The third kappa shape index (κ3) is 2.98. The van der Waals surface area contributed by atoms with E-state index in [0.29, 0.717) is 11.1 Å². The average Bonchev–Trinajstić information content (AvgIpc) is 3.15. The lowest BCUT2D eigenvalue weighted by molar-refractivity contribution is -0.135. The lowest BCUT2D eigenvalue weighted by Gasteiger charge is -2.25. The molecule has 1 aliphatic heterocycles. The van der Waals surface area contributed by atoms with Gasteiger partial charge in [0, 0.05) is 42.4 Å². The molecule has 3 N–H and O–H groups in total. The lowest BCUT2D eigenvalue weighted by Crippen LogP contribution is -2.21. The summed E-state index contributed by atoms with van der Waals surface area (Å²) < 4.78 is 13.0. The summed E-state index contributed by atoms with van der Waals surface area (Å²) in [5.74, 6) is -1.83. The van der Waals surface area contributed by atoms with Crippen molar-refractivity contribution < 1.29 is 29.3 Å². The van der Waals surface area contributed by atoms with E-state index in [0.717, 1.165) is 5.56 Å². The molecule has 1 atom stereocenters. The average molecular weight is 420 g/mol. The van der Waals surface area contributed by atoms with E-state index in [-0.39, 0.29) is 46.1 Å². The Bertz CT molecular complexity index is 1430. The molecule has 0 spiro atoms. The van der Waals surface area contributed by atoms with E-state index in [9.17, 15) is 24.9 Å². The summed E-state index contributed by atoms with van der Waals surface area (Å²) in [5, 5.41) is 34.0. The van der Waals surface area contributed by atoms with E-state index >= 15 is 0 Å². The molecule has 1 aliphatic rings. The number of aromatic hydroxyl groups is 3. The van der Waals surface area contributed by atoms with Crippen LogP contribution in [0.15, 0.2) is 51.9 Å². The second-order valence-electron chi connectivity index (χ2n) is 7.37.